The van der Waals surface area contributed by atoms with E-state index in [4.69, 9.17) is 15.2 Å². The van der Waals surface area contributed by atoms with E-state index in [0.717, 1.165) is 29.9 Å². The monoisotopic (exact) mass is 285 g/mol. The summed E-state index contributed by atoms with van der Waals surface area (Å²) in [6, 6.07) is 14.2. The van der Waals surface area contributed by atoms with Crippen molar-refractivity contribution in [1.82, 2.24) is 0 Å². The molecule has 0 aliphatic heterocycles. The van der Waals surface area contributed by atoms with Crippen LogP contribution in [0.1, 0.15) is 16.7 Å². The number of hydrogen-bond acceptors (Lipinski definition) is 3. The Morgan fingerprint density at radius 1 is 0.952 bits per heavy atom. The molecule has 0 saturated heterocycles. The van der Waals surface area contributed by atoms with Crippen molar-refractivity contribution in [2.24, 2.45) is 5.73 Å². The van der Waals surface area contributed by atoms with Gasteiger partial charge in [0.2, 0.25) is 0 Å². The number of nitrogens with two attached hydrogens (primary N) is 1. The molecule has 3 heteroatoms. The summed E-state index contributed by atoms with van der Waals surface area (Å²) in [5.74, 6) is 1.69. The van der Waals surface area contributed by atoms with E-state index in [-0.39, 0.29) is 6.04 Å². The van der Waals surface area contributed by atoms with Crippen molar-refractivity contribution in [2.45, 2.75) is 25.8 Å². The molecule has 2 aromatic rings. The second-order valence-electron chi connectivity index (χ2n) is 5.27. The molecule has 2 N–H and O–H groups in total. The predicted octanol–water partition coefficient (Wildman–Crippen LogP) is 3.12. The summed E-state index contributed by atoms with van der Waals surface area (Å²) in [4.78, 5) is 0. The zero-order valence-corrected chi connectivity index (χ0v) is 12.9. The van der Waals surface area contributed by atoms with E-state index < -0.39 is 0 Å². The molecule has 0 bridgehead atoms. The van der Waals surface area contributed by atoms with Crippen LogP contribution in [-0.2, 0) is 12.8 Å². The molecule has 0 spiro atoms. The highest BCUT2D eigenvalue weighted by atomic mass is 16.5. The molecule has 0 fully saturated rings. The number of rotatable bonds is 6. The Morgan fingerprint density at radius 3 is 2.33 bits per heavy atom. The Labute approximate surface area is 126 Å². The van der Waals surface area contributed by atoms with E-state index in [0.29, 0.717) is 0 Å². The molecule has 3 nitrogen and oxygen atoms in total. The van der Waals surface area contributed by atoms with Crippen LogP contribution < -0.4 is 15.2 Å². The lowest BCUT2D eigenvalue weighted by Crippen LogP contribution is -2.26. The van der Waals surface area contributed by atoms with Crippen molar-refractivity contribution in [1.29, 1.82) is 0 Å². The van der Waals surface area contributed by atoms with Crippen LogP contribution in [0.2, 0.25) is 0 Å². The summed E-state index contributed by atoms with van der Waals surface area (Å²) in [6.07, 6.45) is 1.61. The van der Waals surface area contributed by atoms with Crippen molar-refractivity contribution in [3.63, 3.8) is 0 Å². The molecule has 0 aliphatic carbocycles. The van der Waals surface area contributed by atoms with E-state index in [2.05, 4.69) is 31.2 Å². The fourth-order valence-electron chi connectivity index (χ4n) is 2.52. The van der Waals surface area contributed by atoms with Crippen LogP contribution >= 0.6 is 0 Å². The van der Waals surface area contributed by atoms with Gasteiger partial charge in [0.1, 0.15) is 11.5 Å². The SMILES string of the molecule is COc1ccc(OC)c(CC(N)Cc2ccccc2C)c1. The Balaban J connectivity index is 2.12. The van der Waals surface area contributed by atoms with Crippen LogP contribution in [0.5, 0.6) is 11.5 Å². The first kappa shape index (κ1) is 15.4. The summed E-state index contributed by atoms with van der Waals surface area (Å²) in [5, 5.41) is 0. The van der Waals surface area contributed by atoms with Gasteiger partial charge in [-0.15, -0.1) is 0 Å². The minimum absolute atomic E-state index is 0.0482. The van der Waals surface area contributed by atoms with Crippen molar-refractivity contribution in [2.75, 3.05) is 14.2 Å². The van der Waals surface area contributed by atoms with Crippen LogP contribution in [0.3, 0.4) is 0 Å². The topological polar surface area (TPSA) is 44.5 Å². The van der Waals surface area contributed by atoms with E-state index >= 15 is 0 Å². The third kappa shape index (κ3) is 3.99. The maximum atomic E-state index is 6.33. The summed E-state index contributed by atoms with van der Waals surface area (Å²) >= 11 is 0. The number of benzene rings is 2. The average molecular weight is 285 g/mol. The standard InChI is InChI=1S/C18H23NO2/c1-13-6-4-5-7-14(13)10-16(19)11-15-12-17(20-2)8-9-18(15)21-3/h4-9,12,16H,10-11,19H2,1-3H3. The summed E-state index contributed by atoms with van der Waals surface area (Å²) in [6.45, 7) is 2.12. The molecule has 112 valence electrons. The minimum atomic E-state index is 0.0482. The van der Waals surface area contributed by atoms with Gasteiger partial charge in [-0.2, -0.15) is 0 Å². The predicted molar refractivity (Wildman–Crippen MR) is 86.1 cm³/mol. The van der Waals surface area contributed by atoms with Gasteiger partial charge >= 0.3 is 0 Å². The minimum Gasteiger partial charge on any atom is -0.497 e. The molecule has 21 heavy (non-hydrogen) atoms. The quantitative estimate of drug-likeness (QED) is 0.887. The third-order valence-electron chi connectivity index (χ3n) is 3.71. The number of ether oxygens (including phenoxy) is 2. The molecule has 0 amide bonds. The van der Waals surface area contributed by atoms with Gasteiger partial charge in [-0.25, -0.2) is 0 Å². The highest BCUT2D eigenvalue weighted by molar-refractivity contribution is 5.41. The summed E-state index contributed by atoms with van der Waals surface area (Å²) < 4.78 is 10.7. The number of aryl methyl sites for hydroxylation is 1. The fraction of sp³-hybridized carbons (Fsp3) is 0.333. The summed E-state index contributed by atoms with van der Waals surface area (Å²) in [5.41, 5.74) is 9.99. The molecule has 2 aromatic carbocycles. The van der Waals surface area contributed by atoms with E-state index in [1.807, 2.05) is 18.2 Å². The zero-order chi connectivity index (χ0) is 15.2. The molecule has 0 saturated carbocycles. The van der Waals surface area contributed by atoms with Gasteiger partial charge in [-0.05, 0) is 54.7 Å². The highest BCUT2D eigenvalue weighted by Crippen LogP contribution is 2.25. The first-order valence-corrected chi connectivity index (χ1v) is 7.15. The lowest BCUT2D eigenvalue weighted by molar-refractivity contribution is 0.397. The average Bonchev–Trinajstić information content (AvgIpc) is 2.49. The Morgan fingerprint density at radius 2 is 1.67 bits per heavy atom. The second-order valence-corrected chi connectivity index (χ2v) is 5.27. The van der Waals surface area contributed by atoms with Crippen molar-refractivity contribution in [3.8, 4) is 11.5 Å². The van der Waals surface area contributed by atoms with Crippen molar-refractivity contribution in [3.05, 3.63) is 59.2 Å². The second kappa shape index (κ2) is 7.14. The van der Waals surface area contributed by atoms with Crippen LogP contribution in [0.4, 0.5) is 0 Å². The Hall–Kier alpha value is -2.00. The molecule has 1 unspecified atom stereocenters. The van der Waals surface area contributed by atoms with Gasteiger partial charge in [-0.1, -0.05) is 24.3 Å². The molecule has 2 rings (SSSR count). The van der Waals surface area contributed by atoms with E-state index in [1.54, 1.807) is 14.2 Å². The van der Waals surface area contributed by atoms with Gasteiger partial charge in [-0.3, -0.25) is 0 Å². The lowest BCUT2D eigenvalue weighted by Gasteiger charge is -2.16. The normalized spacial score (nSPS) is 12.0. The molecule has 0 radical (unpaired) electrons. The first-order chi connectivity index (χ1) is 10.1. The maximum absolute atomic E-state index is 6.33. The van der Waals surface area contributed by atoms with Crippen LogP contribution in [0, 0.1) is 6.92 Å². The fourth-order valence-corrected chi connectivity index (χ4v) is 2.52. The zero-order valence-electron chi connectivity index (χ0n) is 12.9. The van der Waals surface area contributed by atoms with Crippen LogP contribution in [0.25, 0.3) is 0 Å². The Bertz CT molecular complexity index is 596. The smallest absolute Gasteiger partial charge is 0.122 e. The maximum Gasteiger partial charge on any atom is 0.122 e. The van der Waals surface area contributed by atoms with E-state index in [1.165, 1.54) is 11.1 Å². The van der Waals surface area contributed by atoms with E-state index in [9.17, 15) is 0 Å². The molecule has 0 heterocycles. The van der Waals surface area contributed by atoms with Gasteiger partial charge < -0.3 is 15.2 Å². The molecular formula is C18H23NO2. The van der Waals surface area contributed by atoms with Crippen LogP contribution in [-0.4, -0.2) is 20.3 Å². The largest absolute Gasteiger partial charge is 0.497 e. The number of hydrogen-bond donors (Lipinski definition) is 1. The summed E-state index contributed by atoms with van der Waals surface area (Å²) in [7, 11) is 3.34. The molecule has 1 atom stereocenters. The number of methoxy groups -OCH3 is 2. The van der Waals surface area contributed by atoms with Gasteiger partial charge in [0.25, 0.3) is 0 Å². The molecule has 0 aromatic heterocycles. The van der Waals surface area contributed by atoms with Gasteiger partial charge in [0, 0.05) is 6.04 Å². The van der Waals surface area contributed by atoms with Crippen molar-refractivity contribution >= 4 is 0 Å². The van der Waals surface area contributed by atoms with Gasteiger partial charge in [0.15, 0.2) is 0 Å². The third-order valence-corrected chi connectivity index (χ3v) is 3.71. The first-order valence-electron chi connectivity index (χ1n) is 7.15. The van der Waals surface area contributed by atoms with Gasteiger partial charge in [0.05, 0.1) is 14.2 Å². The Kier molecular flexibility index (Phi) is 5.23. The van der Waals surface area contributed by atoms with Crippen molar-refractivity contribution < 1.29 is 9.47 Å². The molecule has 0 aliphatic rings. The lowest BCUT2D eigenvalue weighted by atomic mass is 9.96. The molecular weight excluding hydrogens is 262 g/mol. The van der Waals surface area contributed by atoms with Crippen LogP contribution in [0.15, 0.2) is 42.5 Å². The highest BCUT2D eigenvalue weighted by Gasteiger charge is 2.12.